The molecule has 1 N–H and O–H groups in total. The van der Waals surface area contributed by atoms with E-state index in [0.717, 1.165) is 37.7 Å². The third-order valence-corrected chi connectivity index (χ3v) is 4.92. The van der Waals surface area contributed by atoms with E-state index < -0.39 is 0 Å². The molecule has 1 amide bonds. The number of carbonyl (C=O) groups excluding carboxylic acids is 1. The van der Waals surface area contributed by atoms with Crippen LogP contribution >= 0.6 is 15.9 Å². The zero-order valence-corrected chi connectivity index (χ0v) is 14.1. The molecule has 5 nitrogen and oxygen atoms in total. The first kappa shape index (κ1) is 16.2. The molecule has 0 aromatic carbocycles. The Balaban J connectivity index is 1.86. The molecule has 1 aliphatic rings. The summed E-state index contributed by atoms with van der Waals surface area (Å²) in [5.41, 5.74) is 1.00. The van der Waals surface area contributed by atoms with Crippen LogP contribution in [0.4, 0.5) is 5.82 Å². The van der Waals surface area contributed by atoms with Crippen molar-refractivity contribution in [3.63, 3.8) is 0 Å². The second-order valence-corrected chi connectivity index (χ2v) is 6.47. The predicted octanol–water partition coefficient (Wildman–Crippen LogP) is 1.95. The summed E-state index contributed by atoms with van der Waals surface area (Å²) in [5.74, 6) is 1.25. The van der Waals surface area contributed by atoms with Gasteiger partial charge in [0.25, 0.3) is 0 Å². The highest BCUT2D eigenvalue weighted by Gasteiger charge is 2.18. The highest BCUT2D eigenvalue weighted by Crippen LogP contribution is 2.14. The minimum atomic E-state index is -0.155. The van der Waals surface area contributed by atoms with Gasteiger partial charge in [-0.15, -0.1) is 0 Å². The number of halogens is 1. The summed E-state index contributed by atoms with van der Waals surface area (Å²) in [4.78, 5) is 18.4. The molecule has 1 fully saturated rings. The van der Waals surface area contributed by atoms with Crippen LogP contribution in [0.25, 0.3) is 0 Å². The van der Waals surface area contributed by atoms with E-state index in [4.69, 9.17) is 4.74 Å². The molecule has 1 atom stereocenters. The number of amides is 1. The molecule has 1 unspecified atom stereocenters. The molecule has 1 aromatic rings. The van der Waals surface area contributed by atoms with Gasteiger partial charge in [0.2, 0.25) is 5.91 Å². The van der Waals surface area contributed by atoms with E-state index in [1.807, 2.05) is 32.2 Å². The van der Waals surface area contributed by atoms with Gasteiger partial charge in [0.05, 0.1) is 18.0 Å². The van der Waals surface area contributed by atoms with Crippen LogP contribution in [0.1, 0.15) is 19.4 Å². The molecule has 2 rings (SSSR count). The number of morpholine rings is 1. The van der Waals surface area contributed by atoms with Crippen molar-refractivity contribution in [2.75, 3.05) is 31.2 Å². The van der Waals surface area contributed by atoms with Crippen LogP contribution in [-0.4, -0.2) is 42.0 Å². The van der Waals surface area contributed by atoms with Gasteiger partial charge in [-0.3, -0.25) is 4.79 Å². The third kappa shape index (κ3) is 4.68. The van der Waals surface area contributed by atoms with Crippen molar-refractivity contribution in [1.29, 1.82) is 0 Å². The molecular formula is C15H22BrN3O2. The molecule has 116 valence electrons. The average Bonchev–Trinajstić information content (AvgIpc) is 2.53. The van der Waals surface area contributed by atoms with Gasteiger partial charge in [0, 0.05) is 25.8 Å². The molecule has 0 radical (unpaired) electrons. The Labute approximate surface area is 134 Å². The SMILES string of the molecule is CC(C)C(Br)C(=O)NCc1ccc(N2CCOCC2)nc1. The van der Waals surface area contributed by atoms with Gasteiger partial charge >= 0.3 is 0 Å². The summed E-state index contributed by atoms with van der Waals surface area (Å²) >= 11 is 3.40. The summed E-state index contributed by atoms with van der Waals surface area (Å²) in [6, 6.07) is 4.01. The molecule has 0 bridgehead atoms. The Morgan fingerprint density at radius 3 is 2.71 bits per heavy atom. The second kappa shape index (κ2) is 7.75. The van der Waals surface area contributed by atoms with E-state index in [1.165, 1.54) is 0 Å². The van der Waals surface area contributed by atoms with Crippen molar-refractivity contribution in [1.82, 2.24) is 10.3 Å². The van der Waals surface area contributed by atoms with Gasteiger partial charge in [-0.05, 0) is 17.5 Å². The van der Waals surface area contributed by atoms with E-state index in [2.05, 4.69) is 31.1 Å². The maximum Gasteiger partial charge on any atom is 0.234 e. The van der Waals surface area contributed by atoms with E-state index in [0.29, 0.717) is 6.54 Å². The fourth-order valence-corrected chi connectivity index (χ4v) is 2.25. The summed E-state index contributed by atoms with van der Waals surface area (Å²) in [7, 11) is 0. The summed E-state index contributed by atoms with van der Waals surface area (Å²) < 4.78 is 5.33. The van der Waals surface area contributed by atoms with Gasteiger partial charge in [0.1, 0.15) is 5.82 Å². The minimum Gasteiger partial charge on any atom is -0.378 e. The molecule has 0 saturated carbocycles. The van der Waals surface area contributed by atoms with Crippen LogP contribution in [0.2, 0.25) is 0 Å². The van der Waals surface area contributed by atoms with Gasteiger partial charge in [-0.1, -0.05) is 35.8 Å². The highest BCUT2D eigenvalue weighted by molar-refractivity contribution is 9.10. The summed E-state index contributed by atoms with van der Waals surface area (Å²) in [6.45, 7) is 7.79. The van der Waals surface area contributed by atoms with Gasteiger partial charge in [-0.2, -0.15) is 0 Å². The summed E-state index contributed by atoms with van der Waals surface area (Å²) in [5, 5.41) is 2.92. The molecule has 1 aliphatic heterocycles. The topological polar surface area (TPSA) is 54.5 Å². The first-order chi connectivity index (χ1) is 10.1. The molecule has 0 aliphatic carbocycles. The van der Waals surface area contributed by atoms with E-state index >= 15 is 0 Å². The Bertz CT molecular complexity index is 458. The highest BCUT2D eigenvalue weighted by atomic mass is 79.9. The number of nitrogens with zero attached hydrogens (tertiary/aromatic N) is 2. The Morgan fingerprint density at radius 2 is 2.14 bits per heavy atom. The summed E-state index contributed by atoms with van der Waals surface area (Å²) in [6.07, 6.45) is 1.82. The fraction of sp³-hybridized carbons (Fsp3) is 0.600. The van der Waals surface area contributed by atoms with Gasteiger partial charge in [-0.25, -0.2) is 4.98 Å². The molecular weight excluding hydrogens is 334 g/mol. The third-order valence-electron chi connectivity index (χ3n) is 3.45. The lowest BCUT2D eigenvalue weighted by molar-refractivity contribution is -0.121. The number of ether oxygens (including phenoxy) is 1. The average molecular weight is 356 g/mol. The predicted molar refractivity (Wildman–Crippen MR) is 86.7 cm³/mol. The monoisotopic (exact) mass is 355 g/mol. The standard InChI is InChI=1S/C15H22BrN3O2/c1-11(2)14(16)15(20)18-10-12-3-4-13(17-9-12)19-5-7-21-8-6-19/h3-4,9,11,14H,5-8,10H2,1-2H3,(H,18,20). The van der Waals surface area contributed by atoms with Crippen LogP contribution in [0.3, 0.4) is 0 Å². The minimum absolute atomic E-state index is 0.0160. The van der Waals surface area contributed by atoms with Crippen LogP contribution in [0, 0.1) is 5.92 Å². The number of alkyl halides is 1. The number of rotatable bonds is 5. The number of anilines is 1. The lowest BCUT2D eigenvalue weighted by Gasteiger charge is -2.27. The normalized spacial score (nSPS) is 16.9. The number of carbonyl (C=O) groups is 1. The Morgan fingerprint density at radius 1 is 1.43 bits per heavy atom. The number of aromatic nitrogens is 1. The van der Waals surface area contributed by atoms with Crippen molar-refractivity contribution < 1.29 is 9.53 Å². The van der Waals surface area contributed by atoms with Crippen molar-refractivity contribution >= 4 is 27.7 Å². The molecule has 21 heavy (non-hydrogen) atoms. The molecule has 1 aromatic heterocycles. The zero-order valence-electron chi connectivity index (χ0n) is 12.5. The lowest BCUT2D eigenvalue weighted by atomic mass is 10.1. The number of hydrogen-bond donors (Lipinski definition) is 1. The number of pyridine rings is 1. The quantitative estimate of drug-likeness (QED) is 0.820. The Hall–Kier alpha value is -1.14. The van der Waals surface area contributed by atoms with Crippen molar-refractivity contribution in [2.45, 2.75) is 25.2 Å². The van der Waals surface area contributed by atoms with Crippen LogP contribution in [-0.2, 0) is 16.1 Å². The molecule has 6 heteroatoms. The zero-order chi connectivity index (χ0) is 15.2. The van der Waals surface area contributed by atoms with E-state index in [9.17, 15) is 4.79 Å². The second-order valence-electron chi connectivity index (χ2n) is 5.49. The lowest BCUT2D eigenvalue weighted by Crippen LogP contribution is -2.36. The van der Waals surface area contributed by atoms with Crippen LogP contribution < -0.4 is 10.2 Å². The maximum absolute atomic E-state index is 11.9. The number of hydrogen-bond acceptors (Lipinski definition) is 4. The molecule has 2 heterocycles. The van der Waals surface area contributed by atoms with Crippen LogP contribution in [0.5, 0.6) is 0 Å². The molecule has 0 spiro atoms. The van der Waals surface area contributed by atoms with Crippen molar-refractivity contribution in [3.8, 4) is 0 Å². The van der Waals surface area contributed by atoms with E-state index in [1.54, 1.807) is 0 Å². The van der Waals surface area contributed by atoms with Gasteiger partial charge in [0.15, 0.2) is 0 Å². The van der Waals surface area contributed by atoms with Crippen LogP contribution in [0.15, 0.2) is 18.3 Å². The number of nitrogens with one attached hydrogen (secondary N) is 1. The fourth-order valence-electron chi connectivity index (χ4n) is 2.09. The van der Waals surface area contributed by atoms with Crippen molar-refractivity contribution in [3.05, 3.63) is 23.9 Å². The Kier molecular flexibility index (Phi) is 5.99. The first-order valence-electron chi connectivity index (χ1n) is 7.27. The largest absolute Gasteiger partial charge is 0.378 e. The first-order valence-corrected chi connectivity index (χ1v) is 8.19. The maximum atomic E-state index is 11.9. The van der Waals surface area contributed by atoms with E-state index in [-0.39, 0.29) is 16.7 Å². The van der Waals surface area contributed by atoms with Crippen molar-refractivity contribution in [2.24, 2.45) is 5.92 Å². The smallest absolute Gasteiger partial charge is 0.234 e. The molecule has 1 saturated heterocycles. The van der Waals surface area contributed by atoms with Gasteiger partial charge < -0.3 is 15.0 Å².